The zero-order valence-electron chi connectivity index (χ0n) is 11.5. The summed E-state index contributed by atoms with van der Waals surface area (Å²) < 4.78 is 6.23. The number of carboxylic acid groups (broad SMARTS) is 1. The van der Waals surface area contributed by atoms with Crippen LogP contribution in [-0.2, 0) is 0 Å². The molecule has 0 saturated carbocycles. The van der Waals surface area contributed by atoms with Crippen molar-refractivity contribution < 1.29 is 14.6 Å². The highest BCUT2D eigenvalue weighted by molar-refractivity contribution is 5.88. The second-order valence-electron chi connectivity index (χ2n) is 4.35. The monoisotopic (exact) mass is 284 g/mol. The second-order valence-corrected chi connectivity index (χ2v) is 4.35. The van der Waals surface area contributed by atoms with Crippen molar-refractivity contribution in [2.24, 2.45) is 0 Å². The molecule has 2 rings (SSSR count). The lowest BCUT2D eigenvalue weighted by Crippen LogP contribution is -2.26. The zero-order valence-corrected chi connectivity index (χ0v) is 11.5. The van der Waals surface area contributed by atoms with Crippen LogP contribution in [0.5, 0.6) is 5.75 Å². The Balaban J connectivity index is 2.69. The van der Waals surface area contributed by atoms with Crippen molar-refractivity contribution in [2.45, 2.75) is 6.92 Å². The standard InChI is InChI=1S/C15H12N2O4/c1-9-5-6-17(14(18)13(9)15(19)20)11-3-4-12(21-2)10(7-11)8-16/h3-7H,1-2H3,(H,19,20). The van der Waals surface area contributed by atoms with Crippen LogP contribution >= 0.6 is 0 Å². The number of carboxylic acids is 1. The molecule has 1 N–H and O–H groups in total. The Bertz CT molecular complexity index is 815. The van der Waals surface area contributed by atoms with Gasteiger partial charge in [0.1, 0.15) is 17.4 Å². The molecule has 6 heteroatoms. The number of carbonyl (C=O) groups is 1. The third-order valence-electron chi connectivity index (χ3n) is 3.10. The van der Waals surface area contributed by atoms with E-state index in [9.17, 15) is 9.59 Å². The van der Waals surface area contributed by atoms with E-state index in [0.717, 1.165) is 0 Å². The van der Waals surface area contributed by atoms with Crippen molar-refractivity contribution >= 4 is 5.97 Å². The molecule has 21 heavy (non-hydrogen) atoms. The van der Waals surface area contributed by atoms with Crippen LogP contribution in [-0.4, -0.2) is 22.8 Å². The molecule has 0 bridgehead atoms. The number of aryl methyl sites for hydroxylation is 1. The van der Waals surface area contributed by atoms with E-state index in [2.05, 4.69) is 0 Å². The van der Waals surface area contributed by atoms with Crippen molar-refractivity contribution in [3.63, 3.8) is 0 Å². The Morgan fingerprint density at radius 2 is 2.10 bits per heavy atom. The van der Waals surface area contributed by atoms with Crippen molar-refractivity contribution in [3.05, 3.63) is 57.5 Å². The van der Waals surface area contributed by atoms with Gasteiger partial charge in [0, 0.05) is 6.20 Å². The normalized spacial score (nSPS) is 9.95. The second kappa shape index (κ2) is 5.51. The minimum Gasteiger partial charge on any atom is -0.495 e. The molecule has 0 aliphatic carbocycles. The number of aromatic carboxylic acids is 1. The third-order valence-corrected chi connectivity index (χ3v) is 3.10. The Labute approximate surface area is 120 Å². The quantitative estimate of drug-likeness (QED) is 0.926. The molecule has 1 aromatic carbocycles. The minimum absolute atomic E-state index is 0.263. The lowest BCUT2D eigenvalue weighted by molar-refractivity contribution is 0.0693. The Morgan fingerprint density at radius 3 is 2.67 bits per heavy atom. The number of benzene rings is 1. The third kappa shape index (κ3) is 2.49. The van der Waals surface area contributed by atoms with Crippen LogP contribution in [0.4, 0.5) is 0 Å². The number of nitriles is 1. The SMILES string of the molecule is COc1ccc(-n2ccc(C)c(C(=O)O)c2=O)cc1C#N. The van der Waals surface area contributed by atoms with Gasteiger partial charge in [0.05, 0.1) is 18.4 Å². The van der Waals surface area contributed by atoms with E-state index >= 15 is 0 Å². The molecule has 0 radical (unpaired) electrons. The van der Waals surface area contributed by atoms with Gasteiger partial charge in [0.2, 0.25) is 0 Å². The van der Waals surface area contributed by atoms with E-state index in [1.807, 2.05) is 6.07 Å². The van der Waals surface area contributed by atoms with Gasteiger partial charge in [-0.05, 0) is 36.8 Å². The molecule has 0 aliphatic rings. The summed E-state index contributed by atoms with van der Waals surface area (Å²) in [4.78, 5) is 23.4. The molecule has 0 saturated heterocycles. The maximum Gasteiger partial charge on any atom is 0.341 e. The molecule has 0 atom stereocenters. The minimum atomic E-state index is -1.28. The molecule has 6 nitrogen and oxygen atoms in total. The maximum atomic E-state index is 12.3. The number of aromatic nitrogens is 1. The molecule has 2 aromatic rings. The number of hydrogen-bond donors (Lipinski definition) is 1. The first kappa shape index (κ1) is 14.3. The van der Waals surface area contributed by atoms with Gasteiger partial charge in [-0.1, -0.05) is 0 Å². The van der Waals surface area contributed by atoms with E-state index in [4.69, 9.17) is 15.1 Å². The lowest BCUT2D eigenvalue weighted by Gasteiger charge is -2.10. The summed E-state index contributed by atoms with van der Waals surface area (Å²) in [5.41, 5.74) is 0.125. The first-order valence-electron chi connectivity index (χ1n) is 6.03. The fourth-order valence-electron chi connectivity index (χ4n) is 2.02. The Hall–Kier alpha value is -3.07. The maximum absolute atomic E-state index is 12.3. The number of hydrogen-bond acceptors (Lipinski definition) is 4. The number of methoxy groups -OCH3 is 1. The van der Waals surface area contributed by atoms with E-state index < -0.39 is 11.5 Å². The average molecular weight is 284 g/mol. The molecule has 0 amide bonds. The van der Waals surface area contributed by atoms with Gasteiger partial charge in [-0.3, -0.25) is 9.36 Å². The van der Waals surface area contributed by atoms with Gasteiger partial charge in [0.25, 0.3) is 5.56 Å². The molecule has 106 valence electrons. The molecular formula is C15H12N2O4. The van der Waals surface area contributed by atoms with E-state index in [-0.39, 0.29) is 11.1 Å². The first-order valence-corrected chi connectivity index (χ1v) is 6.03. The summed E-state index contributed by atoms with van der Waals surface area (Å²) in [6, 6.07) is 8.13. The number of nitrogens with zero attached hydrogens (tertiary/aromatic N) is 2. The average Bonchev–Trinajstić information content (AvgIpc) is 2.46. The molecule has 1 aromatic heterocycles. The predicted octanol–water partition coefficient (Wildman–Crippen LogP) is 1.72. The van der Waals surface area contributed by atoms with E-state index in [1.165, 1.54) is 23.9 Å². The van der Waals surface area contributed by atoms with Crippen LogP contribution in [0.15, 0.2) is 35.3 Å². The molecule has 0 unspecified atom stereocenters. The summed E-state index contributed by atoms with van der Waals surface area (Å²) in [5, 5.41) is 18.2. The first-order chi connectivity index (χ1) is 9.99. The van der Waals surface area contributed by atoms with Gasteiger partial charge < -0.3 is 9.84 Å². The van der Waals surface area contributed by atoms with Gasteiger partial charge in [-0.25, -0.2) is 4.79 Å². The topological polar surface area (TPSA) is 92.3 Å². The summed E-state index contributed by atoms with van der Waals surface area (Å²) in [6.45, 7) is 1.56. The number of ether oxygens (including phenoxy) is 1. The highest BCUT2D eigenvalue weighted by Crippen LogP contribution is 2.20. The molecule has 0 aliphatic heterocycles. The van der Waals surface area contributed by atoms with Crippen LogP contribution in [0, 0.1) is 18.3 Å². The molecule has 0 fully saturated rings. The van der Waals surface area contributed by atoms with Crippen LogP contribution in [0.3, 0.4) is 0 Å². The predicted molar refractivity (Wildman–Crippen MR) is 75.0 cm³/mol. The smallest absolute Gasteiger partial charge is 0.341 e. The van der Waals surface area contributed by atoms with Crippen LogP contribution < -0.4 is 10.3 Å². The van der Waals surface area contributed by atoms with Crippen molar-refractivity contribution in [3.8, 4) is 17.5 Å². The Kier molecular flexibility index (Phi) is 3.76. The van der Waals surface area contributed by atoms with Gasteiger partial charge >= 0.3 is 5.97 Å². The van der Waals surface area contributed by atoms with E-state index in [0.29, 0.717) is 17.0 Å². The summed E-state index contributed by atoms with van der Waals surface area (Å²) in [6.07, 6.45) is 1.48. The fraction of sp³-hybridized carbons (Fsp3) is 0.133. The van der Waals surface area contributed by atoms with Gasteiger partial charge in [0.15, 0.2) is 0 Å². The van der Waals surface area contributed by atoms with Crippen LogP contribution in [0.25, 0.3) is 5.69 Å². The Morgan fingerprint density at radius 1 is 1.38 bits per heavy atom. The lowest BCUT2D eigenvalue weighted by atomic mass is 10.1. The summed E-state index contributed by atoms with van der Waals surface area (Å²) >= 11 is 0. The van der Waals surface area contributed by atoms with Crippen LogP contribution in [0.2, 0.25) is 0 Å². The molecule has 1 heterocycles. The zero-order chi connectivity index (χ0) is 15.6. The van der Waals surface area contributed by atoms with Gasteiger partial charge in [-0.2, -0.15) is 5.26 Å². The highest BCUT2D eigenvalue weighted by Gasteiger charge is 2.15. The van der Waals surface area contributed by atoms with Crippen LogP contribution in [0.1, 0.15) is 21.5 Å². The van der Waals surface area contributed by atoms with Gasteiger partial charge in [-0.15, -0.1) is 0 Å². The summed E-state index contributed by atoms with van der Waals surface area (Å²) in [7, 11) is 1.44. The molecular weight excluding hydrogens is 272 g/mol. The largest absolute Gasteiger partial charge is 0.495 e. The van der Waals surface area contributed by atoms with Crippen molar-refractivity contribution in [1.82, 2.24) is 4.57 Å². The fourth-order valence-corrected chi connectivity index (χ4v) is 2.02. The van der Waals surface area contributed by atoms with Crippen molar-refractivity contribution in [2.75, 3.05) is 7.11 Å². The highest BCUT2D eigenvalue weighted by atomic mass is 16.5. The summed E-state index contributed by atoms with van der Waals surface area (Å²) in [5.74, 6) is -0.888. The number of pyridine rings is 1. The molecule has 0 spiro atoms. The van der Waals surface area contributed by atoms with E-state index in [1.54, 1.807) is 25.1 Å². The van der Waals surface area contributed by atoms with Crippen molar-refractivity contribution in [1.29, 1.82) is 5.26 Å². The number of rotatable bonds is 3.